The van der Waals surface area contributed by atoms with Gasteiger partial charge in [-0.05, 0) is 13.3 Å². The molecule has 1 aliphatic heterocycles. The van der Waals surface area contributed by atoms with Crippen molar-refractivity contribution in [3.8, 4) is 0 Å². The highest BCUT2D eigenvalue weighted by Gasteiger charge is 2.11. The summed E-state index contributed by atoms with van der Waals surface area (Å²) in [5.74, 6) is 1.57. The third-order valence-corrected chi connectivity index (χ3v) is 2.26. The van der Waals surface area contributed by atoms with Crippen molar-refractivity contribution in [2.24, 2.45) is 0 Å². The third-order valence-electron chi connectivity index (χ3n) is 1.94. The Bertz CT molecular complexity index is 360. The maximum atomic E-state index is 5.99. The third kappa shape index (κ3) is 1.65. The van der Waals surface area contributed by atoms with Gasteiger partial charge in [0.15, 0.2) is 0 Å². The van der Waals surface area contributed by atoms with Crippen LogP contribution in [0, 0.1) is 6.92 Å². The molecule has 0 aromatic carbocycles. The predicted octanol–water partition coefficient (Wildman–Crippen LogP) is 1.96. The molecule has 0 radical (unpaired) electrons. The molecule has 0 fully saturated rings. The van der Waals surface area contributed by atoms with Crippen LogP contribution in [-0.2, 0) is 6.42 Å². The fourth-order valence-corrected chi connectivity index (χ4v) is 1.62. The van der Waals surface area contributed by atoms with Crippen LogP contribution in [0.1, 0.15) is 11.4 Å². The maximum absolute atomic E-state index is 5.99. The Morgan fingerprint density at radius 2 is 2.23 bits per heavy atom. The normalized spacial score (nSPS) is 14.6. The Morgan fingerprint density at radius 3 is 3.08 bits per heavy atom. The molecular formula is C9H10ClN3. The van der Waals surface area contributed by atoms with Crippen LogP contribution in [0.25, 0.3) is 0 Å². The molecule has 0 bridgehead atoms. The second-order valence-electron chi connectivity index (χ2n) is 2.95. The number of rotatable bonds is 0. The summed E-state index contributed by atoms with van der Waals surface area (Å²) in [7, 11) is 0. The molecule has 2 rings (SSSR count). The number of aryl methyl sites for hydroxylation is 1. The summed E-state index contributed by atoms with van der Waals surface area (Å²) in [6.45, 7) is 2.64. The molecule has 0 saturated heterocycles. The molecule has 3 nitrogen and oxygen atoms in total. The largest absolute Gasteiger partial charge is 0.366 e. The molecule has 4 heteroatoms. The minimum atomic E-state index is 0.557. The van der Waals surface area contributed by atoms with Gasteiger partial charge in [-0.15, -0.1) is 0 Å². The van der Waals surface area contributed by atoms with Gasteiger partial charge in [0.2, 0.25) is 0 Å². The van der Waals surface area contributed by atoms with E-state index in [0.717, 1.165) is 24.3 Å². The Morgan fingerprint density at radius 1 is 1.38 bits per heavy atom. The zero-order valence-electron chi connectivity index (χ0n) is 7.34. The lowest BCUT2D eigenvalue weighted by molar-refractivity contribution is 1.02. The van der Waals surface area contributed by atoms with Gasteiger partial charge in [0.1, 0.15) is 16.8 Å². The van der Waals surface area contributed by atoms with Gasteiger partial charge in [-0.25, -0.2) is 9.97 Å². The molecule has 0 atom stereocenters. The van der Waals surface area contributed by atoms with Crippen LogP contribution < -0.4 is 5.32 Å². The summed E-state index contributed by atoms with van der Waals surface area (Å²) in [5.41, 5.74) is 0.987. The Balaban J connectivity index is 2.52. The highest BCUT2D eigenvalue weighted by atomic mass is 35.5. The second kappa shape index (κ2) is 3.34. The van der Waals surface area contributed by atoms with E-state index in [1.807, 2.05) is 6.92 Å². The van der Waals surface area contributed by atoms with Gasteiger partial charge in [0.05, 0.1) is 0 Å². The molecule has 1 aromatic heterocycles. The monoisotopic (exact) mass is 195 g/mol. The summed E-state index contributed by atoms with van der Waals surface area (Å²) < 4.78 is 0. The maximum Gasteiger partial charge on any atom is 0.138 e. The quantitative estimate of drug-likeness (QED) is 0.508. The van der Waals surface area contributed by atoms with E-state index >= 15 is 0 Å². The van der Waals surface area contributed by atoms with E-state index in [0.29, 0.717) is 11.0 Å². The summed E-state index contributed by atoms with van der Waals surface area (Å²) in [4.78, 5) is 8.40. The highest BCUT2D eigenvalue weighted by Crippen LogP contribution is 2.23. The molecule has 1 aromatic rings. The Labute approximate surface area is 81.9 Å². The van der Waals surface area contributed by atoms with Crippen LogP contribution in [0.5, 0.6) is 0 Å². The molecule has 2 heterocycles. The lowest BCUT2D eigenvalue weighted by Crippen LogP contribution is -2.04. The Hall–Kier alpha value is -1.09. The summed E-state index contributed by atoms with van der Waals surface area (Å²) >= 11 is 5.99. The number of nitrogens with one attached hydrogen (secondary N) is 1. The fourth-order valence-electron chi connectivity index (χ4n) is 1.33. The molecule has 1 aliphatic rings. The number of hydrogen-bond acceptors (Lipinski definition) is 3. The summed E-state index contributed by atoms with van der Waals surface area (Å²) in [6.07, 6.45) is 4.94. The molecule has 68 valence electrons. The van der Waals surface area contributed by atoms with Gasteiger partial charge in [-0.2, -0.15) is 0 Å². The zero-order valence-corrected chi connectivity index (χ0v) is 8.10. The molecule has 0 aliphatic carbocycles. The van der Waals surface area contributed by atoms with Gasteiger partial charge in [0, 0.05) is 12.1 Å². The van der Waals surface area contributed by atoms with Crippen molar-refractivity contribution in [1.82, 2.24) is 9.97 Å². The van der Waals surface area contributed by atoms with Crippen molar-refractivity contribution in [3.05, 3.63) is 28.7 Å². The number of nitrogens with zero attached hydrogens (tertiary/aromatic N) is 2. The minimum Gasteiger partial charge on any atom is -0.366 e. The molecule has 0 amide bonds. The first-order chi connectivity index (χ1) is 6.27. The topological polar surface area (TPSA) is 37.8 Å². The zero-order chi connectivity index (χ0) is 9.26. The highest BCUT2D eigenvalue weighted by molar-refractivity contribution is 6.30. The van der Waals surface area contributed by atoms with Crippen molar-refractivity contribution in [2.75, 3.05) is 11.9 Å². The fraction of sp³-hybridized carbons (Fsp3) is 0.333. The lowest BCUT2D eigenvalue weighted by Gasteiger charge is -2.07. The van der Waals surface area contributed by atoms with E-state index in [-0.39, 0.29) is 0 Å². The van der Waals surface area contributed by atoms with Crippen molar-refractivity contribution in [3.63, 3.8) is 0 Å². The lowest BCUT2D eigenvalue weighted by atomic mass is 10.2. The number of fused-ring (bicyclic) bond motifs is 1. The van der Waals surface area contributed by atoms with Gasteiger partial charge >= 0.3 is 0 Å². The van der Waals surface area contributed by atoms with Crippen LogP contribution >= 0.6 is 11.6 Å². The van der Waals surface area contributed by atoms with Crippen molar-refractivity contribution >= 4 is 17.4 Å². The molecule has 0 saturated carbocycles. The first-order valence-electron chi connectivity index (χ1n) is 4.19. The Kier molecular flexibility index (Phi) is 2.19. The van der Waals surface area contributed by atoms with E-state index < -0.39 is 0 Å². The number of hydrogen-bond donors (Lipinski definition) is 1. The number of aromatic nitrogens is 2. The summed E-state index contributed by atoms with van der Waals surface area (Å²) in [6, 6.07) is 0. The molecular weight excluding hydrogens is 186 g/mol. The number of allylic oxidation sites excluding steroid dienone is 1. The second-order valence-corrected chi connectivity index (χ2v) is 3.30. The van der Waals surface area contributed by atoms with Crippen LogP contribution in [0.4, 0.5) is 5.82 Å². The average molecular weight is 196 g/mol. The SMILES string of the molecule is Cc1nc(Cl)c2c(n1)NCC=CC2. The van der Waals surface area contributed by atoms with Crippen LogP contribution in [0.3, 0.4) is 0 Å². The minimum absolute atomic E-state index is 0.557. The molecule has 1 N–H and O–H groups in total. The van der Waals surface area contributed by atoms with E-state index in [1.165, 1.54) is 0 Å². The summed E-state index contributed by atoms with van der Waals surface area (Å²) in [5, 5.41) is 3.74. The predicted molar refractivity (Wildman–Crippen MR) is 53.1 cm³/mol. The van der Waals surface area contributed by atoms with Crippen molar-refractivity contribution < 1.29 is 0 Å². The van der Waals surface area contributed by atoms with E-state index in [9.17, 15) is 0 Å². The van der Waals surface area contributed by atoms with Gasteiger partial charge in [-0.1, -0.05) is 23.8 Å². The molecule has 0 unspecified atom stereocenters. The standard InChI is InChI=1S/C9H10ClN3/c1-6-12-8(10)7-4-2-3-5-11-9(7)13-6/h2-3H,4-5H2,1H3,(H,11,12,13). The van der Waals surface area contributed by atoms with Gasteiger partial charge < -0.3 is 5.32 Å². The first kappa shape index (κ1) is 8.51. The molecule has 0 spiro atoms. The van der Waals surface area contributed by atoms with E-state index in [4.69, 9.17) is 11.6 Å². The van der Waals surface area contributed by atoms with Gasteiger partial charge in [0.25, 0.3) is 0 Å². The smallest absolute Gasteiger partial charge is 0.138 e. The van der Waals surface area contributed by atoms with Crippen LogP contribution in [-0.4, -0.2) is 16.5 Å². The molecule has 13 heavy (non-hydrogen) atoms. The van der Waals surface area contributed by atoms with Crippen molar-refractivity contribution in [2.45, 2.75) is 13.3 Å². The van der Waals surface area contributed by atoms with Gasteiger partial charge in [-0.3, -0.25) is 0 Å². The van der Waals surface area contributed by atoms with Crippen molar-refractivity contribution in [1.29, 1.82) is 0 Å². The van der Waals surface area contributed by atoms with Crippen LogP contribution in [0.15, 0.2) is 12.2 Å². The van der Waals surface area contributed by atoms with E-state index in [1.54, 1.807) is 0 Å². The van der Waals surface area contributed by atoms with E-state index in [2.05, 4.69) is 27.4 Å². The first-order valence-corrected chi connectivity index (χ1v) is 4.57. The number of anilines is 1. The van der Waals surface area contributed by atoms with Crippen LogP contribution in [0.2, 0.25) is 5.15 Å². The number of halogens is 1. The average Bonchev–Trinajstić information content (AvgIpc) is 2.28.